The Labute approximate surface area is 103 Å². The molecule has 0 atom stereocenters. The van der Waals surface area contributed by atoms with Gasteiger partial charge in [0.15, 0.2) is 0 Å². The van der Waals surface area contributed by atoms with Gasteiger partial charge in [-0.3, -0.25) is 0 Å². The maximum atomic E-state index is 5.80. The molecule has 1 aromatic rings. The first-order valence-electron chi connectivity index (χ1n) is 6.11. The summed E-state index contributed by atoms with van der Waals surface area (Å²) < 4.78 is 5.66. The van der Waals surface area contributed by atoms with Gasteiger partial charge in [0, 0.05) is 30.4 Å². The Hall–Kier alpha value is -1.48. The molecule has 0 aliphatic carbocycles. The molecule has 0 bridgehead atoms. The lowest BCUT2D eigenvalue weighted by atomic mass is 9.98. The van der Waals surface area contributed by atoms with Gasteiger partial charge in [-0.15, -0.1) is 0 Å². The van der Waals surface area contributed by atoms with Gasteiger partial charge in [0.05, 0.1) is 6.61 Å². The van der Waals surface area contributed by atoms with Gasteiger partial charge in [0.1, 0.15) is 5.75 Å². The van der Waals surface area contributed by atoms with Gasteiger partial charge in [0.2, 0.25) is 0 Å². The monoisotopic (exact) mass is 232 g/mol. The Bertz CT molecular complexity index is 426. The lowest BCUT2D eigenvalue weighted by molar-refractivity contribution is 0.338. The minimum Gasteiger partial charge on any atom is -0.493 e. The van der Waals surface area contributed by atoms with Gasteiger partial charge < -0.3 is 15.4 Å². The van der Waals surface area contributed by atoms with Crippen molar-refractivity contribution in [2.24, 2.45) is 0 Å². The first kappa shape index (κ1) is 12.0. The molecule has 0 fully saturated rings. The van der Waals surface area contributed by atoms with Crippen LogP contribution in [-0.4, -0.2) is 31.6 Å². The molecule has 1 aliphatic rings. The second-order valence-electron chi connectivity index (χ2n) is 4.43. The highest BCUT2D eigenvalue weighted by atomic mass is 16.5. The summed E-state index contributed by atoms with van der Waals surface area (Å²) in [6, 6.07) is 5.92. The summed E-state index contributed by atoms with van der Waals surface area (Å²) >= 11 is 0. The van der Waals surface area contributed by atoms with Gasteiger partial charge in [-0.2, -0.15) is 0 Å². The van der Waals surface area contributed by atoms with Gasteiger partial charge in [-0.25, -0.2) is 0 Å². The van der Waals surface area contributed by atoms with Crippen LogP contribution in [0.25, 0.3) is 5.57 Å². The number of nitrogen functional groups attached to an aromatic ring is 1. The molecule has 0 spiro atoms. The molecule has 0 aromatic heterocycles. The smallest absolute Gasteiger partial charge is 0.128 e. The van der Waals surface area contributed by atoms with Crippen molar-refractivity contribution >= 4 is 11.3 Å². The highest BCUT2D eigenvalue weighted by Gasteiger charge is 2.13. The Morgan fingerprint density at radius 2 is 2.24 bits per heavy atom. The van der Waals surface area contributed by atoms with E-state index in [-0.39, 0.29) is 0 Å². The molecule has 1 aliphatic heterocycles. The van der Waals surface area contributed by atoms with Crippen LogP contribution < -0.4 is 10.5 Å². The summed E-state index contributed by atoms with van der Waals surface area (Å²) in [5, 5.41) is 0. The van der Waals surface area contributed by atoms with Crippen LogP contribution in [-0.2, 0) is 0 Å². The van der Waals surface area contributed by atoms with Crippen LogP contribution in [0.3, 0.4) is 0 Å². The van der Waals surface area contributed by atoms with Gasteiger partial charge in [-0.05, 0) is 38.1 Å². The van der Waals surface area contributed by atoms with Crippen molar-refractivity contribution in [3.63, 3.8) is 0 Å². The molecule has 0 saturated carbocycles. The predicted octanol–water partition coefficient (Wildman–Crippen LogP) is 2.39. The van der Waals surface area contributed by atoms with E-state index >= 15 is 0 Å². The summed E-state index contributed by atoms with van der Waals surface area (Å²) in [4.78, 5) is 2.31. The second-order valence-corrected chi connectivity index (χ2v) is 4.43. The van der Waals surface area contributed by atoms with E-state index in [2.05, 4.69) is 24.1 Å². The van der Waals surface area contributed by atoms with Crippen molar-refractivity contribution in [2.75, 3.05) is 32.5 Å². The number of hydrogen-bond acceptors (Lipinski definition) is 3. The van der Waals surface area contributed by atoms with Crippen molar-refractivity contribution in [3.8, 4) is 5.75 Å². The lowest BCUT2D eigenvalue weighted by Crippen LogP contribution is -2.23. The van der Waals surface area contributed by atoms with Crippen LogP contribution in [0.4, 0.5) is 5.69 Å². The molecule has 0 unspecified atom stereocenters. The summed E-state index contributed by atoms with van der Waals surface area (Å²) in [5.41, 5.74) is 9.11. The first-order valence-corrected chi connectivity index (χ1v) is 6.11. The molecule has 0 radical (unpaired) electrons. The molecule has 3 heteroatoms. The highest BCUT2D eigenvalue weighted by Crippen LogP contribution is 2.31. The Morgan fingerprint density at radius 3 is 2.88 bits per heavy atom. The molecule has 1 aromatic carbocycles. The quantitative estimate of drug-likeness (QED) is 0.813. The summed E-state index contributed by atoms with van der Waals surface area (Å²) in [6.45, 7) is 4.77. The molecule has 2 N–H and O–H groups in total. The topological polar surface area (TPSA) is 38.5 Å². The van der Waals surface area contributed by atoms with Crippen LogP contribution in [0, 0.1) is 0 Å². The van der Waals surface area contributed by atoms with E-state index < -0.39 is 0 Å². The zero-order valence-electron chi connectivity index (χ0n) is 10.6. The molecule has 0 saturated heterocycles. The van der Waals surface area contributed by atoms with Gasteiger partial charge >= 0.3 is 0 Å². The van der Waals surface area contributed by atoms with Gasteiger partial charge in [0.25, 0.3) is 0 Å². The SMILES string of the molecule is CCOc1cc(N)ccc1C1=CCN(C)CC1. The lowest BCUT2D eigenvalue weighted by Gasteiger charge is -2.23. The van der Waals surface area contributed by atoms with E-state index in [1.54, 1.807) is 0 Å². The number of rotatable bonds is 3. The average molecular weight is 232 g/mol. The van der Waals surface area contributed by atoms with Gasteiger partial charge in [-0.1, -0.05) is 6.08 Å². The van der Waals surface area contributed by atoms with Crippen molar-refractivity contribution in [1.29, 1.82) is 0 Å². The molecule has 0 amide bonds. The number of benzene rings is 1. The standard InChI is InChI=1S/C14H20N2O/c1-3-17-14-10-12(15)4-5-13(14)11-6-8-16(2)9-7-11/h4-6,10H,3,7-9,15H2,1-2H3. The number of hydrogen-bond donors (Lipinski definition) is 1. The number of likely N-dealkylation sites (N-methyl/N-ethyl adjacent to an activating group) is 1. The number of nitrogens with zero attached hydrogens (tertiary/aromatic N) is 1. The predicted molar refractivity (Wildman–Crippen MR) is 72.1 cm³/mol. The molecule has 1 heterocycles. The van der Waals surface area contributed by atoms with Crippen LogP contribution in [0.5, 0.6) is 5.75 Å². The second kappa shape index (κ2) is 5.23. The van der Waals surface area contributed by atoms with E-state index in [4.69, 9.17) is 10.5 Å². The van der Waals surface area contributed by atoms with Crippen LogP contribution in [0.2, 0.25) is 0 Å². The van der Waals surface area contributed by atoms with Crippen molar-refractivity contribution in [1.82, 2.24) is 4.90 Å². The van der Waals surface area contributed by atoms with E-state index in [0.717, 1.165) is 30.9 Å². The van der Waals surface area contributed by atoms with Crippen LogP contribution in [0.15, 0.2) is 24.3 Å². The maximum absolute atomic E-state index is 5.80. The van der Waals surface area contributed by atoms with E-state index in [1.165, 1.54) is 11.1 Å². The van der Waals surface area contributed by atoms with E-state index in [0.29, 0.717) is 6.61 Å². The Balaban J connectivity index is 2.31. The third-order valence-corrected chi connectivity index (χ3v) is 3.06. The molecule has 2 rings (SSSR count). The minimum absolute atomic E-state index is 0.670. The Morgan fingerprint density at radius 1 is 1.41 bits per heavy atom. The third kappa shape index (κ3) is 2.80. The number of anilines is 1. The molecular weight excluding hydrogens is 212 g/mol. The maximum Gasteiger partial charge on any atom is 0.128 e. The van der Waals surface area contributed by atoms with E-state index in [1.807, 2.05) is 19.1 Å². The molecular formula is C14H20N2O. The highest BCUT2D eigenvalue weighted by molar-refractivity contribution is 5.73. The zero-order valence-corrected chi connectivity index (χ0v) is 10.6. The molecule has 17 heavy (non-hydrogen) atoms. The zero-order chi connectivity index (χ0) is 12.3. The average Bonchev–Trinajstić information content (AvgIpc) is 2.31. The van der Waals surface area contributed by atoms with Crippen molar-refractivity contribution in [3.05, 3.63) is 29.8 Å². The Kier molecular flexibility index (Phi) is 3.69. The largest absolute Gasteiger partial charge is 0.493 e. The van der Waals surface area contributed by atoms with Crippen LogP contribution >= 0.6 is 0 Å². The summed E-state index contributed by atoms with van der Waals surface area (Å²) in [7, 11) is 2.14. The fraction of sp³-hybridized carbons (Fsp3) is 0.429. The summed E-state index contributed by atoms with van der Waals surface area (Å²) in [5.74, 6) is 0.906. The van der Waals surface area contributed by atoms with E-state index in [9.17, 15) is 0 Å². The summed E-state index contributed by atoms with van der Waals surface area (Å²) in [6.07, 6.45) is 3.35. The number of ether oxygens (including phenoxy) is 1. The number of nitrogens with two attached hydrogens (primary N) is 1. The van der Waals surface area contributed by atoms with Crippen molar-refractivity contribution < 1.29 is 4.74 Å². The van der Waals surface area contributed by atoms with Crippen LogP contribution in [0.1, 0.15) is 18.9 Å². The first-order chi connectivity index (χ1) is 8.20. The fourth-order valence-corrected chi connectivity index (χ4v) is 2.09. The molecule has 92 valence electrons. The fourth-order valence-electron chi connectivity index (χ4n) is 2.09. The molecule has 3 nitrogen and oxygen atoms in total. The minimum atomic E-state index is 0.670. The third-order valence-electron chi connectivity index (χ3n) is 3.06. The normalized spacial score (nSPS) is 16.7. The van der Waals surface area contributed by atoms with Crippen molar-refractivity contribution in [2.45, 2.75) is 13.3 Å².